The lowest BCUT2D eigenvalue weighted by Crippen LogP contribution is -2.38. The highest BCUT2D eigenvalue weighted by molar-refractivity contribution is 5.89. The predicted molar refractivity (Wildman–Crippen MR) is 84.8 cm³/mol. The van der Waals surface area contributed by atoms with E-state index in [0.717, 1.165) is 5.56 Å². The summed E-state index contributed by atoms with van der Waals surface area (Å²) in [5, 5.41) is 3.81. The maximum absolute atomic E-state index is 11.8. The lowest BCUT2D eigenvalue weighted by atomic mass is 10.2. The van der Waals surface area contributed by atoms with Crippen molar-refractivity contribution in [3.05, 3.63) is 72.3 Å². The predicted octanol–water partition coefficient (Wildman–Crippen LogP) is 3.48. The van der Waals surface area contributed by atoms with Crippen molar-refractivity contribution >= 4 is 17.8 Å². The van der Waals surface area contributed by atoms with Crippen LogP contribution in [0.25, 0.3) is 6.08 Å². The smallest absolute Gasteiger partial charge is 0.339 e. The van der Waals surface area contributed by atoms with E-state index in [0.29, 0.717) is 12.3 Å². The highest BCUT2D eigenvalue weighted by Gasteiger charge is 2.13. The van der Waals surface area contributed by atoms with Crippen LogP contribution in [0, 0.1) is 0 Å². The highest BCUT2D eigenvalue weighted by Crippen LogP contribution is 2.14. The summed E-state index contributed by atoms with van der Waals surface area (Å²) in [4.78, 5) is 17.4. The van der Waals surface area contributed by atoms with Gasteiger partial charge in [-0.05, 0) is 17.7 Å². The van der Waals surface area contributed by atoms with E-state index in [9.17, 15) is 4.79 Å². The molecule has 0 saturated carbocycles. The number of benzene rings is 2. The summed E-state index contributed by atoms with van der Waals surface area (Å²) in [6.07, 6.45) is 3.82. The number of nitrogens with one attached hydrogen (secondary N) is 1. The Bertz CT molecular complexity index is 582. The number of hydroxylamine groups is 1. The lowest BCUT2D eigenvalue weighted by molar-refractivity contribution is 0.139. The Labute approximate surface area is 124 Å². The molecule has 1 N–H and O–H groups in total. The summed E-state index contributed by atoms with van der Waals surface area (Å²) in [6, 6.07) is 18.8. The third kappa shape index (κ3) is 4.47. The summed E-state index contributed by atoms with van der Waals surface area (Å²) >= 11 is 0. The molecule has 0 radical (unpaired) electrons. The summed E-state index contributed by atoms with van der Waals surface area (Å²) in [5.74, 6) is 0. The first-order valence-corrected chi connectivity index (χ1v) is 6.72. The van der Waals surface area contributed by atoms with Crippen LogP contribution >= 0.6 is 0 Å². The van der Waals surface area contributed by atoms with Crippen LogP contribution in [-0.2, 0) is 4.84 Å². The molecule has 4 heteroatoms. The Morgan fingerprint density at radius 3 is 2.33 bits per heavy atom. The SMILES string of the molecule is CNC(=O)N(OCC=Cc1ccccc1)c1ccccc1. The third-order valence-corrected chi connectivity index (χ3v) is 2.80. The largest absolute Gasteiger partial charge is 0.345 e. The van der Waals surface area contributed by atoms with Gasteiger partial charge in [-0.25, -0.2) is 4.79 Å². The summed E-state index contributed by atoms with van der Waals surface area (Å²) in [5.41, 5.74) is 1.78. The van der Waals surface area contributed by atoms with Gasteiger partial charge in [-0.15, -0.1) is 0 Å². The van der Waals surface area contributed by atoms with Gasteiger partial charge in [0, 0.05) is 7.05 Å². The topological polar surface area (TPSA) is 41.6 Å². The zero-order valence-corrected chi connectivity index (χ0v) is 11.9. The molecule has 0 heterocycles. The molecule has 108 valence electrons. The van der Waals surface area contributed by atoms with Crippen LogP contribution in [0.15, 0.2) is 66.7 Å². The number of hydrogen-bond donors (Lipinski definition) is 1. The van der Waals surface area contributed by atoms with E-state index in [2.05, 4.69) is 5.32 Å². The molecule has 21 heavy (non-hydrogen) atoms. The van der Waals surface area contributed by atoms with Crippen LogP contribution in [0.3, 0.4) is 0 Å². The maximum atomic E-state index is 11.8. The molecular weight excluding hydrogens is 264 g/mol. The van der Waals surface area contributed by atoms with Gasteiger partial charge >= 0.3 is 6.03 Å². The van der Waals surface area contributed by atoms with E-state index < -0.39 is 0 Å². The Morgan fingerprint density at radius 2 is 1.71 bits per heavy atom. The average Bonchev–Trinajstić information content (AvgIpc) is 2.56. The molecule has 2 aromatic rings. The van der Waals surface area contributed by atoms with E-state index >= 15 is 0 Å². The second kappa shape index (κ2) is 7.87. The minimum atomic E-state index is -0.311. The van der Waals surface area contributed by atoms with Crippen molar-refractivity contribution < 1.29 is 9.63 Å². The molecule has 0 aliphatic heterocycles. The molecule has 0 spiro atoms. The number of carbonyl (C=O) groups excluding carboxylic acids is 1. The quantitative estimate of drug-likeness (QED) is 0.853. The fourth-order valence-electron chi connectivity index (χ4n) is 1.78. The standard InChI is InChI=1S/C17H18N2O2/c1-18-17(20)19(16-12-6-3-7-13-16)21-14-8-11-15-9-4-2-5-10-15/h2-13H,14H2,1H3,(H,18,20). The molecule has 0 aliphatic rings. The van der Waals surface area contributed by atoms with Gasteiger partial charge in [-0.3, -0.25) is 4.84 Å². The van der Waals surface area contributed by atoms with Gasteiger partial charge in [0.15, 0.2) is 0 Å². The van der Waals surface area contributed by atoms with E-state index in [1.807, 2.05) is 72.8 Å². The van der Waals surface area contributed by atoms with Gasteiger partial charge in [0.25, 0.3) is 0 Å². The van der Waals surface area contributed by atoms with Crippen LogP contribution in [0.5, 0.6) is 0 Å². The molecule has 0 bridgehead atoms. The first kappa shape index (κ1) is 14.8. The van der Waals surface area contributed by atoms with E-state index in [1.165, 1.54) is 5.06 Å². The number of anilines is 1. The molecule has 2 rings (SSSR count). The minimum absolute atomic E-state index is 0.303. The third-order valence-electron chi connectivity index (χ3n) is 2.80. The molecule has 0 aromatic heterocycles. The number of nitrogens with zero attached hydrogens (tertiary/aromatic N) is 1. The van der Waals surface area contributed by atoms with Crippen LogP contribution in [0.1, 0.15) is 5.56 Å². The fraction of sp³-hybridized carbons (Fsp3) is 0.118. The Hall–Kier alpha value is -2.59. The van der Waals surface area contributed by atoms with Gasteiger partial charge in [0.2, 0.25) is 0 Å². The van der Waals surface area contributed by atoms with E-state index in [4.69, 9.17) is 4.84 Å². The number of carbonyl (C=O) groups is 1. The monoisotopic (exact) mass is 282 g/mol. The van der Waals surface area contributed by atoms with Crippen molar-refractivity contribution in [3.8, 4) is 0 Å². The molecule has 2 aromatic carbocycles. The van der Waals surface area contributed by atoms with Crippen molar-refractivity contribution in [1.82, 2.24) is 5.32 Å². The van der Waals surface area contributed by atoms with Crippen LogP contribution in [0.2, 0.25) is 0 Å². The molecule has 0 atom stereocenters. The van der Waals surface area contributed by atoms with Gasteiger partial charge in [0.05, 0.1) is 12.3 Å². The number of rotatable bonds is 5. The second-order valence-electron chi connectivity index (χ2n) is 4.29. The van der Waals surface area contributed by atoms with Gasteiger partial charge in [-0.1, -0.05) is 60.7 Å². The number of hydrogen-bond acceptors (Lipinski definition) is 2. The summed E-state index contributed by atoms with van der Waals surface area (Å²) in [7, 11) is 1.57. The molecule has 4 nitrogen and oxygen atoms in total. The fourth-order valence-corrected chi connectivity index (χ4v) is 1.78. The highest BCUT2D eigenvalue weighted by atomic mass is 16.7. The average molecular weight is 282 g/mol. The van der Waals surface area contributed by atoms with Crippen molar-refractivity contribution in [2.75, 3.05) is 18.7 Å². The van der Waals surface area contributed by atoms with Crippen LogP contribution in [-0.4, -0.2) is 19.7 Å². The zero-order chi connectivity index (χ0) is 14.9. The van der Waals surface area contributed by atoms with Crippen molar-refractivity contribution in [2.24, 2.45) is 0 Å². The molecule has 0 saturated heterocycles. The van der Waals surface area contributed by atoms with Crippen molar-refractivity contribution in [1.29, 1.82) is 0 Å². The number of amides is 2. The molecule has 0 aliphatic carbocycles. The Morgan fingerprint density at radius 1 is 1.10 bits per heavy atom. The van der Waals surface area contributed by atoms with Crippen molar-refractivity contribution in [2.45, 2.75) is 0 Å². The minimum Gasteiger partial charge on any atom is -0.339 e. The first-order chi connectivity index (χ1) is 10.3. The molecule has 2 amide bonds. The summed E-state index contributed by atoms with van der Waals surface area (Å²) < 4.78 is 0. The first-order valence-electron chi connectivity index (χ1n) is 6.72. The molecule has 0 unspecified atom stereocenters. The van der Waals surface area contributed by atoms with Crippen molar-refractivity contribution in [3.63, 3.8) is 0 Å². The van der Waals surface area contributed by atoms with Crippen LogP contribution in [0.4, 0.5) is 10.5 Å². The van der Waals surface area contributed by atoms with Gasteiger partial charge in [0.1, 0.15) is 0 Å². The zero-order valence-electron chi connectivity index (χ0n) is 11.9. The maximum Gasteiger partial charge on any atom is 0.345 e. The van der Waals surface area contributed by atoms with E-state index in [-0.39, 0.29) is 6.03 Å². The Balaban J connectivity index is 1.97. The summed E-state index contributed by atoms with van der Waals surface area (Å²) in [6.45, 7) is 0.303. The lowest BCUT2D eigenvalue weighted by Gasteiger charge is -2.20. The normalized spacial score (nSPS) is 10.5. The molecular formula is C17H18N2O2. The number of urea groups is 1. The Kier molecular flexibility index (Phi) is 5.55. The van der Waals surface area contributed by atoms with Crippen LogP contribution < -0.4 is 10.4 Å². The number of para-hydroxylation sites is 1. The second-order valence-corrected chi connectivity index (χ2v) is 4.29. The van der Waals surface area contributed by atoms with E-state index in [1.54, 1.807) is 7.05 Å². The van der Waals surface area contributed by atoms with Gasteiger partial charge < -0.3 is 5.32 Å². The van der Waals surface area contributed by atoms with Gasteiger partial charge in [-0.2, -0.15) is 5.06 Å². The molecule has 0 fully saturated rings.